The van der Waals surface area contributed by atoms with E-state index in [2.05, 4.69) is 41.5 Å². The molecule has 37 heavy (non-hydrogen) atoms. The summed E-state index contributed by atoms with van der Waals surface area (Å²) < 4.78 is 59.6. The van der Waals surface area contributed by atoms with Gasteiger partial charge in [0, 0.05) is 52.8 Å². The van der Waals surface area contributed by atoms with Gasteiger partial charge < -0.3 is 9.32 Å². The first kappa shape index (κ1) is 27.1. The van der Waals surface area contributed by atoms with E-state index >= 15 is 0 Å². The summed E-state index contributed by atoms with van der Waals surface area (Å²) in [4.78, 5) is 1.59. The molecule has 0 spiro atoms. The number of hydrogen-bond acceptors (Lipinski definition) is 7. The Labute approximate surface area is 216 Å². The van der Waals surface area contributed by atoms with Crippen molar-refractivity contribution in [1.29, 1.82) is 0 Å². The van der Waals surface area contributed by atoms with E-state index in [1.54, 1.807) is 0 Å². The number of benzene rings is 2. The first-order chi connectivity index (χ1) is 17.6. The van der Waals surface area contributed by atoms with Crippen LogP contribution < -0.4 is 14.8 Å². The van der Waals surface area contributed by atoms with Crippen LogP contribution in [-0.2, 0) is 24.3 Å². The maximum Gasteiger partial charge on any atom is 0.295 e. The highest BCUT2D eigenvalue weighted by Crippen LogP contribution is 2.37. The Hall–Kier alpha value is -2.96. The van der Waals surface area contributed by atoms with Crippen molar-refractivity contribution in [3.63, 3.8) is 0 Å². The monoisotopic (exact) mass is 547 g/mol. The summed E-state index contributed by atoms with van der Waals surface area (Å²) >= 11 is 0. The van der Waals surface area contributed by atoms with Gasteiger partial charge in [-0.3, -0.25) is 4.55 Å². The Kier molecular flexibility index (Phi) is 7.63. The Balaban J connectivity index is 2.17. The molecule has 0 radical (unpaired) electrons. The van der Waals surface area contributed by atoms with Gasteiger partial charge in [0.2, 0.25) is 5.36 Å². The van der Waals surface area contributed by atoms with Gasteiger partial charge in [-0.25, -0.2) is 14.0 Å². The molecule has 198 valence electrons. The third-order valence-electron chi connectivity index (χ3n) is 6.58. The Morgan fingerprint density at radius 1 is 1.03 bits per heavy atom. The maximum absolute atomic E-state index is 13.7. The summed E-state index contributed by atoms with van der Waals surface area (Å²) in [5.41, 5.74) is 2.54. The van der Waals surface area contributed by atoms with Crippen LogP contribution in [0.1, 0.15) is 33.3 Å². The molecule has 1 aliphatic carbocycles. The lowest BCUT2D eigenvalue weighted by molar-refractivity contribution is -0.123. The number of allylic oxidation sites excluding steroid dienone is 2. The van der Waals surface area contributed by atoms with Crippen molar-refractivity contribution in [1.82, 2.24) is 4.58 Å². The quantitative estimate of drug-likeness (QED) is 0.109. The summed E-state index contributed by atoms with van der Waals surface area (Å²) in [7, 11) is -8.57. The van der Waals surface area contributed by atoms with Crippen molar-refractivity contribution in [3.05, 3.63) is 69.8 Å². The number of fused-ring (bicyclic) bond motifs is 2. The minimum Gasteiger partial charge on any atom is -0.456 e. The molecule has 0 saturated carbocycles. The summed E-state index contributed by atoms with van der Waals surface area (Å²) in [5, 5.41) is 12.0. The van der Waals surface area contributed by atoms with Crippen molar-refractivity contribution in [2.24, 2.45) is 0 Å². The smallest absolute Gasteiger partial charge is 0.295 e. The van der Waals surface area contributed by atoms with Crippen LogP contribution in [0.3, 0.4) is 0 Å². The van der Waals surface area contributed by atoms with E-state index in [4.69, 9.17) is 4.42 Å². The average Bonchev–Trinajstić information content (AvgIpc) is 2.88. The third kappa shape index (κ3) is 4.97. The zero-order valence-electron chi connectivity index (χ0n) is 21.2. The fourth-order valence-corrected chi connectivity index (χ4v) is 7.15. The van der Waals surface area contributed by atoms with Gasteiger partial charge >= 0.3 is 0 Å². The van der Waals surface area contributed by atoms with Crippen LogP contribution in [0.5, 0.6) is 0 Å². The van der Waals surface area contributed by atoms with Crippen LogP contribution in [0, 0.1) is 0 Å². The first-order valence-electron chi connectivity index (χ1n) is 12.0. The summed E-state index contributed by atoms with van der Waals surface area (Å²) in [6.45, 7) is 11.4. The van der Waals surface area contributed by atoms with Crippen LogP contribution in [-0.4, -0.2) is 53.5 Å². The highest BCUT2D eigenvalue weighted by Gasteiger charge is 2.28. The Morgan fingerprint density at radius 3 is 2.32 bits per heavy atom. The lowest BCUT2D eigenvalue weighted by Crippen LogP contribution is -2.29. The minimum atomic E-state index is -4.68. The molecule has 0 saturated heterocycles. The zero-order valence-corrected chi connectivity index (χ0v) is 22.8. The van der Waals surface area contributed by atoms with Gasteiger partial charge in [-0.15, -0.1) is 4.33 Å². The maximum atomic E-state index is 13.7. The molecule has 3 aliphatic rings. The Morgan fingerprint density at radius 2 is 1.73 bits per heavy atom. The van der Waals surface area contributed by atoms with E-state index in [1.165, 1.54) is 6.08 Å². The van der Waals surface area contributed by atoms with Gasteiger partial charge in [0.05, 0.1) is 10.9 Å². The Bertz CT molecular complexity index is 1680. The molecule has 1 unspecified atom stereocenters. The molecule has 4 rings (SSSR count). The van der Waals surface area contributed by atoms with E-state index in [0.29, 0.717) is 27.9 Å². The van der Waals surface area contributed by atoms with Crippen molar-refractivity contribution >= 4 is 41.4 Å². The second kappa shape index (κ2) is 10.4. The SMILES string of the molecule is CCN(CC)c1ccc2c(C3=S(=O)(OO)C=C(S(=O)(=O)O)C=C3)c3ccc(=[N+](CC)CC)cc-3oc2c1. The molecule has 11 heteroatoms. The molecule has 2 heterocycles. The standard InChI is InChI=1S/C26H30N2O7S2/c1-5-27(6-2)18-9-12-21-23(15-18)34-24-16-19(28(7-3)8-4)10-13-22(24)26(21)25-14-11-20(37(31,32)33)17-36(25,30)35-29/h9-17H,5-8H2,1-4H3,(H-,29,31,32,33)/p+1. The largest absolute Gasteiger partial charge is 0.456 e. The fraction of sp³-hybridized carbons (Fsp3) is 0.308. The predicted octanol–water partition coefficient (Wildman–Crippen LogP) is 3.70. The van der Waals surface area contributed by atoms with Gasteiger partial charge in [-0.05, 0) is 58.0 Å². The number of nitrogens with zero attached hydrogens (tertiary/aromatic N) is 2. The highest BCUT2D eigenvalue weighted by molar-refractivity contribution is 8.02. The van der Waals surface area contributed by atoms with E-state index in [9.17, 15) is 22.4 Å². The second-order valence-corrected chi connectivity index (χ2v) is 11.8. The van der Waals surface area contributed by atoms with Gasteiger partial charge in [0.15, 0.2) is 0 Å². The van der Waals surface area contributed by atoms with E-state index in [0.717, 1.165) is 48.7 Å². The lowest BCUT2D eigenvalue weighted by Gasteiger charge is -2.23. The molecule has 1 aromatic carbocycles. The van der Waals surface area contributed by atoms with Gasteiger partial charge in [-0.2, -0.15) is 8.42 Å². The average molecular weight is 548 g/mol. The molecular weight excluding hydrogens is 516 g/mol. The summed E-state index contributed by atoms with van der Waals surface area (Å²) in [5.74, 6) is 0.522. The minimum absolute atomic E-state index is 0.0550. The van der Waals surface area contributed by atoms with Gasteiger partial charge in [-0.1, -0.05) is 0 Å². The summed E-state index contributed by atoms with van der Waals surface area (Å²) in [6, 6.07) is 11.4. The predicted molar refractivity (Wildman–Crippen MR) is 147 cm³/mol. The van der Waals surface area contributed by atoms with E-state index in [1.807, 2.05) is 36.4 Å². The molecule has 0 amide bonds. The zero-order chi connectivity index (χ0) is 27.0. The van der Waals surface area contributed by atoms with E-state index in [-0.39, 0.29) is 4.86 Å². The molecule has 9 nitrogen and oxygen atoms in total. The van der Waals surface area contributed by atoms with Crippen LogP contribution in [0.15, 0.2) is 63.3 Å². The molecule has 0 fully saturated rings. The van der Waals surface area contributed by atoms with Gasteiger partial charge in [0.1, 0.15) is 39.1 Å². The van der Waals surface area contributed by atoms with Crippen LogP contribution >= 0.6 is 0 Å². The van der Waals surface area contributed by atoms with Crippen LogP contribution in [0.4, 0.5) is 5.69 Å². The molecule has 2 aliphatic heterocycles. The molecule has 0 bridgehead atoms. The first-order valence-corrected chi connectivity index (χ1v) is 15.0. The number of rotatable bonds is 8. The fourth-order valence-electron chi connectivity index (χ4n) is 4.65. The normalized spacial score (nSPS) is 17.9. The summed E-state index contributed by atoms with van der Waals surface area (Å²) in [6.07, 6.45) is 2.41. The van der Waals surface area contributed by atoms with Crippen molar-refractivity contribution in [2.75, 3.05) is 31.1 Å². The highest BCUT2D eigenvalue weighted by atomic mass is 32.2. The molecule has 1 aromatic rings. The molecule has 0 aromatic heterocycles. The number of hydrogen-bond donors (Lipinski definition) is 2. The van der Waals surface area contributed by atoms with Crippen molar-refractivity contribution in [2.45, 2.75) is 27.7 Å². The van der Waals surface area contributed by atoms with Crippen LogP contribution in [0.25, 0.3) is 22.3 Å². The van der Waals surface area contributed by atoms with E-state index < -0.39 is 24.8 Å². The molecular formula is C26H31N2O7S2+. The lowest BCUT2D eigenvalue weighted by atomic mass is 9.96. The third-order valence-corrected chi connectivity index (χ3v) is 9.32. The number of anilines is 1. The molecule has 1 atom stereocenters. The van der Waals surface area contributed by atoms with Crippen molar-refractivity contribution < 1.29 is 31.2 Å². The van der Waals surface area contributed by atoms with Crippen LogP contribution in [0.2, 0.25) is 0 Å². The second-order valence-electron chi connectivity index (χ2n) is 8.49. The molecule has 2 N–H and O–H groups in total. The topological polar surface area (TPSA) is 120 Å². The van der Waals surface area contributed by atoms with Gasteiger partial charge in [0.25, 0.3) is 10.1 Å². The van der Waals surface area contributed by atoms with Crippen molar-refractivity contribution in [3.8, 4) is 11.3 Å².